The molecule has 0 aliphatic carbocycles. The van der Waals surface area contributed by atoms with Crippen molar-refractivity contribution in [1.29, 1.82) is 0 Å². The first kappa shape index (κ1) is 24.5. The number of carbonyl (C=O) groups excluding carboxylic acids is 3. The van der Waals surface area contributed by atoms with E-state index in [1.807, 2.05) is 43.3 Å². The highest BCUT2D eigenvalue weighted by molar-refractivity contribution is 6.07. The van der Waals surface area contributed by atoms with Crippen LogP contribution in [-0.4, -0.2) is 23.5 Å². The summed E-state index contributed by atoms with van der Waals surface area (Å²) in [5, 5.41) is 8.28. The van der Waals surface area contributed by atoms with Crippen molar-refractivity contribution in [3.63, 3.8) is 0 Å². The molecule has 0 bridgehead atoms. The van der Waals surface area contributed by atoms with E-state index in [4.69, 9.17) is 4.74 Å². The van der Waals surface area contributed by atoms with Crippen LogP contribution in [0.1, 0.15) is 43.6 Å². The first-order valence-corrected chi connectivity index (χ1v) is 10.9. The summed E-state index contributed by atoms with van der Waals surface area (Å²) in [5.41, 5.74) is 4.17. The number of benzene rings is 3. The van der Waals surface area contributed by atoms with Gasteiger partial charge in [-0.15, -0.1) is 0 Å². The van der Waals surface area contributed by atoms with Crippen LogP contribution in [0.5, 0.6) is 0 Å². The van der Waals surface area contributed by atoms with Gasteiger partial charge < -0.3 is 15.4 Å². The minimum absolute atomic E-state index is 0.192. The number of anilines is 3. The number of rotatable bonds is 5. The Balaban J connectivity index is 1.92. The number of hydrogen-bond acceptors (Lipinski definition) is 4. The van der Waals surface area contributed by atoms with Gasteiger partial charge in [0.05, 0.1) is 11.4 Å². The van der Waals surface area contributed by atoms with Crippen LogP contribution in [0.4, 0.5) is 21.9 Å². The summed E-state index contributed by atoms with van der Waals surface area (Å²) < 4.78 is 5.37. The molecule has 0 saturated heterocycles. The van der Waals surface area contributed by atoms with Crippen molar-refractivity contribution in [1.82, 2.24) is 0 Å². The van der Waals surface area contributed by atoms with E-state index in [0.717, 1.165) is 16.7 Å². The Morgan fingerprint density at radius 2 is 1.47 bits per heavy atom. The van der Waals surface area contributed by atoms with Gasteiger partial charge in [0.2, 0.25) is 5.91 Å². The van der Waals surface area contributed by atoms with E-state index < -0.39 is 11.7 Å². The second kappa shape index (κ2) is 10.2. The zero-order chi connectivity index (χ0) is 24.9. The molecule has 3 aromatic rings. The van der Waals surface area contributed by atoms with Crippen molar-refractivity contribution in [3.05, 3.63) is 77.9 Å². The normalized spacial score (nSPS) is 10.9. The second-order valence-corrected chi connectivity index (χ2v) is 8.91. The molecule has 0 unspecified atom stereocenters. The van der Waals surface area contributed by atoms with Gasteiger partial charge in [-0.1, -0.05) is 30.3 Å². The van der Waals surface area contributed by atoms with E-state index >= 15 is 0 Å². The van der Waals surface area contributed by atoms with E-state index in [9.17, 15) is 14.4 Å². The average Bonchev–Trinajstić information content (AvgIpc) is 2.74. The standard InChI is InChI=1S/C27H29N3O4/c1-17-8-6-7-9-22(17)20-12-15-23(30-26(33)34-27(3,4)5)24(16-20)29-25(32)19-10-13-21(14-11-19)28-18(2)31/h6-16H,1-5H3,(H,28,31)(H,29,32)(H,30,33). The lowest BCUT2D eigenvalue weighted by Gasteiger charge is -2.21. The van der Waals surface area contributed by atoms with Gasteiger partial charge in [0.1, 0.15) is 5.60 Å². The van der Waals surface area contributed by atoms with Gasteiger partial charge in [-0.3, -0.25) is 14.9 Å². The predicted octanol–water partition coefficient (Wildman–Crippen LogP) is 6.22. The van der Waals surface area contributed by atoms with Crippen LogP contribution in [0.15, 0.2) is 66.7 Å². The van der Waals surface area contributed by atoms with Crippen molar-refractivity contribution < 1.29 is 19.1 Å². The Morgan fingerprint density at radius 1 is 0.794 bits per heavy atom. The third-order valence-corrected chi connectivity index (χ3v) is 4.83. The largest absolute Gasteiger partial charge is 0.444 e. The van der Waals surface area contributed by atoms with Gasteiger partial charge in [0.15, 0.2) is 0 Å². The molecule has 0 heterocycles. The van der Waals surface area contributed by atoms with Crippen LogP contribution in [-0.2, 0) is 9.53 Å². The Kier molecular flexibility index (Phi) is 7.36. The molecule has 3 aromatic carbocycles. The van der Waals surface area contributed by atoms with E-state index in [2.05, 4.69) is 16.0 Å². The molecule has 0 atom stereocenters. The fourth-order valence-electron chi connectivity index (χ4n) is 3.34. The minimum atomic E-state index is -0.662. The molecule has 0 saturated carbocycles. The van der Waals surface area contributed by atoms with Gasteiger partial charge >= 0.3 is 6.09 Å². The number of amides is 3. The number of carbonyl (C=O) groups is 3. The average molecular weight is 460 g/mol. The lowest BCUT2D eigenvalue weighted by molar-refractivity contribution is -0.114. The molecule has 0 aromatic heterocycles. The van der Waals surface area contributed by atoms with Gasteiger partial charge in [-0.05, 0) is 80.8 Å². The fourth-order valence-corrected chi connectivity index (χ4v) is 3.34. The highest BCUT2D eigenvalue weighted by Gasteiger charge is 2.19. The number of aryl methyl sites for hydroxylation is 1. The molecular weight excluding hydrogens is 430 g/mol. The number of ether oxygens (including phenoxy) is 1. The molecule has 7 heteroatoms. The molecule has 0 fully saturated rings. The van der Waals surface area contributed by atoms with Crippen molar-refractivity contribution in [2.24, 2.45) is 0 Å². The van der Waals surface area contributed by atoms with Gasteiger partial charge in [-0.2, -0.15) is 0 Å². The van der Waals surface area contributed by atoms with Crippen LogP contribution >= 0.6 is 0 Å². The Morgan fingerprint density at radius 3 is 2.09 bits per heavy atom. The molecule has 34 heavy (non-hydrogen) atoms. The summed E-state index contributed by atoms with van der Waals surface area (Å²) in [6.07, 6.45) is -0.619. The topological polar surface area (TPSA) is 96.5 Å². The van der Waals surface area contributed by atoms with Crippen LogP contribution in [0, 0.1) is 6.92 Å². The maximum atomic E-state index is 13.0. The summed E-state index contributed by atoms with van der Waals surface area (Å²) in [6, 6.07) is 19.9. The SMILES string of the molecule is CC(=O)Nc1ccc(C(=O)Nc2cc(-c3ccccc3C)ccc2NC(=O)OC(C)(C)C)cc1. The quantitative estimate of drug-likeness (QED) is 0.422. The van der Waals surface area contributed by atoms with Crippen molar-refractivity contribution in [2.75, 3.05) is 16.0 Å². The monoisotopic (exact) mass is 459 g/mol. The maximum absolute atomic E-state index is 13.0. The van der Waals surface area contributed by atoms with Gasteiger partial charge in [0.25, 0.3) is 5.91 Å². The Hall–Kier alpha value is -4.13. The summed E-state index contributed by atoms with van der Waals surface area (Å²) in [6.45, 7) is 8.77. The molecule has 0 aliphatic rings. The Labute approximate surface area is 199 Å². The molecule has 7 nitrogen and oxygen atoms in total. The van der Waals surface area contributed by atoms with Crippen LogP contribution < -0.4 is 16.0 Å². The third-order valence-electron chi connectivity index (χ3n) is 4.83. The lowest BCUT2D eigenvalue weighted by atomic mass is 9.99. The highest BCUT2D eigenvalue weighted by atomic mass is 16.6. The molecular formula is C27H29N3O4. The van der Waals surface area contributed by atoms with Crippen LogP contribution in [0.2, 0.25) is 0 Å². The zero-order valence-corrected chi connectivity index (χ0v) is 20.0. The molecule has 3 rings (SSSR count). The predicted molar refractivity (Wildman–Crippen MR) is 135 cm³/mol. The minimum Gasteiger partial charge on any atom is -0.444 e. The third kappa shape index (κ3) is 6.68. The van der Waals surface area contributed by atoms with Crippen molar-refractivity contribution >= 4 is 35.0 Å². The number of hydrogen-bond donors (Lipinski definition) is 3. The first-order chi connectivity index (χ1) is 16.0. The summed E-state index contributed by atoms with van der Waals surface area (Å²) >= 11 is 0. The van der Waals surface area contributed by atoms with Crippen LogP contribution in [0.3, 0.4) is 0 Å². The summed E-state index contributed by atoms with van der Waals surface area (Å²) in [4.78, 5) is 36.6. The van der Waals surface area contributed by atoms with E-state index in [1.54, 1.807) is 51.1 Å². The molecule has 176 valence electrons. The summed E-state index contributed by atoms with van der Waals surface area (Å²) in [7, 11) is 0. The smallest absolute Gasteiger partial charge is 0.412 e. The Bertz CT molecular complexity index is 1210. The summed E-state index contributed by atoms with van der Waals surface area (Å²) in [5.74, 6) is -0.549. The molecule has 0 aliphatic heterocycles. The van der Waals surface area contributed by atoms with Crippen LogP contribution in [0.25, 0.3) is 11.1 Å². The van der Waals surface area contributed by atoms with E-state index in [1.165, 1.54) is 6.92 Å². The molecule has 3 N–H and O–H groups in total. The molecule has 3 amide bonds. The molecule has 0 radical (unpaired) electrons. The maximum Gasteiger partial charge on any atom is 0.412 e. The molecule has 0 spiro atoms. The second-order valence-electron chi connectivity index (χ2n) is 8.91. The van der Waals surface area contributed by atoms with E-state index in [0.29, 0.717) is 22.6 Å². The van der Waals surface area contributed by atoms with Gasteiger partial charge in [-0.25, -0.2) is 4.79 Å². The zero-order valence-electron chi connectivity index (χ0n) is 20.0. The van der Waals surface area contributed by atoms with Crippen molar-refractivity contribution in [3.8, 4) is 11.1 Å². The van der Waals surface area contributed by atoms with Crippen molar-refractivity contribution in [2.45, 2.75) is 40.2 Å². The fraction of sp³-hybridized carbons (Fsp3) is 0.222. The lowest BCUT2D eigenvalue weighted by Crippen LogP contribution is -2.27. The number of nitrogens with one attached hydrogen (secondary N) is 3. The highest BCUT2D eigenvalue weighted by Crippen LogP contribution is 2.31. The first-order valence-electron chi connectivity index (χ1n) is 10.9. The van der Waals surface area contributed by atoms with E-state index in [-0.39, 0.29) is 11.8 Å². The van der Waals surface area contributed by atoms with Gasteiger partial charge in [0, 0.05) is 18.2 Å².